The lowest BCUT2D eigenvalue weighted by Gasteiger charge is -2.24. The van der Waals surface area contributed by atoms with E-state index in [2.05, 4.69) is 9.88 Å². The van der Waals surface area contributed by atoms with Crippen molar-refractivity contribution in [2.45, 2.75) is 83.7 Å². The van der Waals surface area contributed by atoms with Crippen molar-refractivity contribution < 1.29 is 13.6 Å². The molecule has 1 amide bonds. The van der Waals surface area contributed by atoms with Crippen LogP contribution in [-0.2, 0) is 6.54 Å². The maximum absolute atomic E-state index is 14.7. The maximum atomic E-state index is 14.7. The average molecular weight is 415 g/mol. The minimum absolute atomic E-state index is 0.0782. The topological polar surface area (TPSA) is 34.0 Å². The molecule has 5 heteroatoms. The van der Waals surface area contributed by atoms with Crippen molar-refractivity contribution in [3.8, 4) is 11.3 Å². The predicted octanol–water partition coefficient (Wildman–Crippen LogP) is 6.38. The Morgan fingerprint density at radius 3 is 2.33 bits per heavy atom. The Bertz CT molecular complexity index is 893. The first-order valence-electron chi connectivity index (χ1n) is 11.5. The molecule has 30 heavy (non-hydrogen) atoms. The van der Waals surface area contributed by atoms with E-state index in [0.29, 0.717) is 22.7 Å². The fourth-order valence-electron chi connectivity index (χ4n) is 5.17. The molecule has 162 valence electrons. The number of amides is 1. The zero-order valence-electron chi connectivity index (χ0n) is 17.9. The summed E-state index contributed by atoms with van der Waals surface area (Å²) in [5.74, 6) is -0.725. The van der Waals surface area contributed by atoms with Gasteiger partial charge in [-0.25, -0.2) is 8.78 Å². The zero-order valence-corrected chi connectivity index (χ0v) is 17.9. The number of carbonyl (C=O) groups excluding carboxylic acids is 1. The van der Waals surface area contributed by atoms with E-state index in [1.807, 2.05) is 6.92 Å². The lowest BCUT2D eigenvalue weighted by Crippen LogP contribution is -2.36. The van der Waals surface area contributed by atoms with Crippen LogP contribution in [-0.4, -0.2) is 16.5 Å². The second-order valence-electron chi connectivity index (χ2n) is 9.08. The number of nitrogens with zero attached hydrogens (tertiary/aromatic N) is 1. The summed E-state index contributed by atoms with van der Waals surface area (Å²) in [5, 5.41) is 3.19. The molecule has 0 atom stereocenters. The molecule has 0 radical (unpaired) electrons. The van der Waals surface area contributed by atoms with Crippen LogP contribution in [0.5, 0.6) is 0 Å². The molecule has 0 unspecified atom stereocenters. The van der Waals surface area contributed by atoms with Gasteiger partial charge in [0.2, 0.25) is 0 Å². The highest BCUT2D eigenvalue weighted by Gasteiger charge is 2.25. The summed E-state index contributed by atoms with van der Waals surface area (Å²) in [5.41, 5.74) is 2.50. The van der Waals surface area contributed by atoms with E-state index in [1.54, 1.807) is 6.07 Å². The van der Waals surface area contributed by atoms with Gasteiger partial charge in [0.05, 0.1) is 11.3 Å². The molecule has 4 rings (SSSR count). The highest BCUT2D eigenvalue weighted by Crippen LogP contribution is 2.33. The Morgan fingerprint density at radius 1 is 1.00 bits per heavy atom. The maximum Gasteiger partial charge on any atom is 0.253 e. The van der Waals surface area contributed by atoms with Crippen LogP contribution < -0.4 is 5.32 Å². The minimum Gasteiger partial charge on any atom is -0.349 e. The number of halogens is 2. The van der Waals surface area contributed by atoms with Crippen LogP contribution in [0.4, 0.5) is 8.78 Å². The summed E-state index contributed by atoms with van der Waals surface area (Å²) >= 11 is 0. The molecule has 0 bridgehead atoms. The van der Waals surface area contributed by atoms with E-state index in [1.165, 1.54) is 37.8 Å². The third kappa shape index (κ3) is 4.60. The molecule has 1 N–H and O–H groups in total. The predicted molar refractivity (Wildman–Crippen MR) is 115 cm³/mol. The molecule has 0 saturated heterocycles. The number of rotatable bonds is 5. The lowest BCUT2D eigenvalue weighted by atomic mass is 9.89. The van der Waals surface area contributed by atoms with Gasteiger partial charge >= 0.3 is 0 Å². The van der Waals surface area contributed by atoms with Gasteiger partial charge in [-0.2, -0.15) is 0 Å². The quantitative estimate of drug-likeness (QED) is 0.605. The van der Waals surface area contributed by atoms with Crippen LogP contribution >= 0.6 is 0 Å². The summed E-state index contributed by atoms with van der Waals surface area (Å²) < 4.78 is 30.2. The van der Waals surface area contributed by atoms with Crippen LogP contribution in [0.15, 0.2) is 24.3 Å². The van der Waals surface area contributed by atoms with Gasteiger partial charge in [0, 0.05) is 29.9 Å². The third-order valence-electron chi connectivity index (χ3n) is 6.92. The zero-order chi connectivity index (χ0) is 21.1. The Balaban J connectivity index is 1.67. The molecule has 2 aromatic rings. The Hall–Kier alpha value is -2.17. The van der Waals surface area contributed by atoms with Crippen molar-refractivity contribution in [2.24, 2.45) is 5.92 Å². The Kier molecular flexibility index (Phi) is 6.55. The van der Waals surface area contributed by atoms with Crippen molar-refractivity contribution in [2.75, 3.05) is 0 Å². The molecule has 2 aliphatic rings. The van der Waals surface area contributed by atoms with Gasteiger partial charge in [-0.15, -0.1) is 0 Å². The molecule has 0 spiro atoms. The van der Waals surface area contributed by atoms with Gasteiger partial charge in [-0.05, 0) is 56.7 Å². The fraction of sp³-hybridized carbons (Fsp3) is 0.560. The third-order valence-corrected chi connectivity index (χ3v) is 6.92. The highest BCUT2D eigenvalue weighted by molar-refractivity contribution is 5.97. The lowest BCUT2D eigenvalue weighted by molar-refractivity contribution is 0.0927. The smallest absolute Gasteiger partial charge is 0.253 e. The average Bonchev–Trinajstić information content (AvgIpc) is 3.06. The Labute approximate surface area is 177 Å². The number of carbonyl (C=O) groups is 1. The molecule has 2 saturated carbocycles. The summed E-state index contributed by atoms with van der Waals surface area (Å²) in [6.45, 7) is 2.72. The summed E-state index contributed by atoms with van der Waals surface area (Å²) in [4.78, 5) is 13.1. The first kappa shape index (κ1) is 21.1. The first-order valence-corrected chi connectivity index (χ1v) is 11.5. The van der Waals surface area contributed by atoms with E-state index < -0.39 is 11.6 Å². The number of nitrogens with one attached hydrogen (secondary N) is 1. The van der Waals surface area contributed by atoms with E-state index >= 15 is 0 Å². The van der Waals surface area contributed by atoms with Crippen molar-refractivity contribution >= 4 is 5.91 Å². The molecule has 1 aromatic carbocycles. The number of aromatic nitrogens is 1. The van der Waals surface area contributed by atoms with Gasteiger partial charge in [-0.3, -0.25) is 4.79 Å². The van der Waals surface area contributed by atoms with Crippen LogP contribution in [0.1, 0.15) is 80.3 Å². The molecular weight excluding hydrogens is 382 g/mol. The van der Waals surface area contributed by atoms with Gasteiger partial charge < -0.3 is 9.88 Å². The number of hydrogen-bond acceptors (Lipinski definition) is 1. The molecule has 3 nitrogen and oxygen atoms in total. The Morgan fingerprint density at radius 2 is 1.67 bits per heavy atom. The minimum atomic E-state index is -0.589. The highest BCUT2D eigenvalue weighted by atomic mass is 19.1. The van der Waals surface area contributed by atoms with E-state index in [0.717, 1.165) is 56.8 Å². The van der Waals surface area contributed by atoms with Crippen molar-refractivity contribution in [3.05, 3.63) is 47.2 Å². The normalized spacial score (nSPS) is 18.5. The number of benzene rings is 1. The van der Waals surface area contributed by atoms with Gasteiger partial charge in [0.15, 0.2) is 0 Å². The van der Waals surface area contributed by atoms with E-state index in [-0.39, 0.29) is 11.9 Å². The second-order valence-corrected chi connectivity index (χ2v) is 9.08. The largest absolute Gasteiger partial charge is 0.349 e. The van der Waals surface area contributed by atoms with Crippen LogP contribution in [0.3, 0.4) is 0 Å². The molecule has 1 heterocycles. The number of hydrogen-bond donors (Lipinski definition) is 1. The monoisotopic (exact) mass is 414 g/mol. The molecule has 0 aliphatic heterocycles. The van der Waals surface area contributed by atoms with Crippen molar-refractivity contribution in [1.82, 2.24) is 9.88 Å². The summed E-state index contributed by atoms with van der Waals surface area (Å²) in [6.07, 6.45) is 11.6. The molecule has 2 fully saturated rings. The van der Waals surface area contributed by atoms with Gasteiger partial charge in [-0.1, -0.05) is 38.5 Å². The second kappa shape index (κ2) is 9.32. The SMILES string of the molecule is Cc1c(C(=O)NC2CCCCC2)cc(-c2ccc(F)cc2F)n1CC1CCCCC1. The fourth-order valence-corrected chi connectivity index (χ4v) is 5.17. The van der Waals surface area contributed by atoms with Crippen molar-refractivity contribution in [3.63, 3.8) is 0 Å². The van der Waals surface area contributed by atoms with E-state index in [4.69, 9.17) is 0 Å². The first-order chi connectivity index (χ1) is 14.5. The van der Waals surface area contributed by atoms with Crippen molar-refractivity contribution in [1.29, 1.82) is 0 Å². The van der Waals surface area contributed by atoms with E-state index in [9.17, 15) is 13.6 Å². The van der Waals surface area contributed by atoms with Crippen LogP contribution in [0, 0.1) is 24.5 Å². The van der Waals surface area contributed by atoms with Gasteiger partial charge in [0.25, 0.3) is 5.91 Å². The standard InChI is InChI=1S/C25H32F2N2O/c1-17-22(25(30)28-20-10-6-3-7-11-20)15-24(21-13-12-19(26)14-23(21)27)29(17)16-18-8-4-2-5-9-18/h12-15,18,20H,2-11,16H2,1H3,(H,28,30). The molecule has 2 aliphatic carbocycles. The summed E-state index contributed by atoms with van der Waals surface area (Å²) in [7, 11) is 0. The van der Waals surface area contributed by atoms with Gasteiger partial charge in [0.1, 0.15) is 11.6 Å². The van der Waals surface area contributed by atoms with Crippen LogP contribution in [0.2, 0.25) is 0 Å². The van der Waals surface area contributed by atoms with Crippen LogP contribution in [0.25, 0.3) is 11.3 Å². The molecular formula is C25H32F2N2O. The summed E-state index contributed by atoms with van der Waals surface area (Å²) in [6, 6.07) is 5.71. The molecule has 1 aromatic heterocycles.